The minimum atomic E-state index is -2.69. The molecule has 3 aromatic carbocycles. The number of pyridine rings is 1. The van der Waals surface area contributed by atoms with Crippen LogP contribution in [0, 0.1) is 5.92 Å². The Morgan fingerprint density at radius 3 is 1.91 bits per heavy atom. The van der Waals surface area contributed by atoms with Gasteiger partial charge in [0.05, 0.1) is 17.7 Å². The Morgan fingerprint density at radius 2 is 1.37 bits per heavy atom. The fourth-order valence-corrected chi connectivity index (χ4v) is 6.20. The summed E-state index contributed by atoms with van der Waals surface area (Å²) in [6.45, 7) is 0. The number of allylic oxidation sites excluding steroid dienone is 1. The van der Waals surface area contributed by atoms with E-state index in [2.05, 4.69) is 45.9 Å². The molecule has 0 N–H and O–H groups in total. The highest BCUT2D eigenvalue weighted by atomic mass is 35.5. The van der Waals surface area contributed by atoms with Gasteiger partial charge in [-0.25, -0.2) is 18.7 Å². The van der Waals surface area contributed by atoms with Gasteiger partial charge in [-0.15, -0.1) is 0 Å². The second-order valence-corrected chi connectivity index (χ2v) is 11.3. The summed E-state index contributed by atoms with van der Waals surface area (Å²) in [4.78, 5) is 22.2. The number of carbonyl (C=O) groups is 1. The first-order valence-electron chi connectivity index (χ1n) is 14.3. The highest BCUT2D eigenvalue weighted by Crippen LogP contribution is 2.42. The van der Waals surface area contributed by atoms with Crippen LogP contribution in [0.25, 0.3) is 17.3 Å². The molecule has 5 aromatic rings. The van der Waals surface area contributed by atoms with E-state index in [9.17, 15) is 13.6 Å². The van der Waals surface area contributed by atoms with Crippen molar-refractivity contribution in [1.82, 2.24) is 14.5 Å². The molecular weight excluding hydrogens is 564 g/mol. The lowest BCUT2D eigenvalue weighted by molar-refractivity contribution is -0.122. The molecule has 0 amide bonds. The van der Waals surface area contributed by atoms with Gasteiger partial charge in [0.1, 0.15) is 10.7 Å². The first-order chi connectivity index (χ1) is 20.9. The highest BCUT2D eigenvalue weighted by Gasteiger charge is 2.39. The minimum Gasteiger partial charge on any atom is -0.318 e. The topological polar surface area (TPSA) is 47.8 Å². The Kier molecular flexibility index (Phi) is 8.04. The van der Waals surface area contributed by atoms with Gasteiger partial charge in [0.2, 0.25) is 5.92 Å². The Bertz CT molecular complexity index is 1630. The number of halogens is 3. The molecule has 0 bridgehead atoms. The Hall–Kier alpha value is -4.42. The van der Waals surface area contributed by atoms with Crippen molar-refractivity contribution < 1.29 is 13.6 Å². The lowest BCUT2D eigenvalue weighted by Gasteiger charge is -2.37. The van der Waals surface area contributed by atoms with E-state index in [1.165, 1.54) is 6.08 Å². The van der Waals surface area contributed by atoms with Crippen LogP contribution in [0.4, 0.5) is 8.78 Å². The van der Waals surface area contributed by atoms with Crippen LogP contribution in [0.3, 0.4) is 0 Å². The van der Waals surface area contributed by atoms with E-state index < -0.39 is 17.4 Å². The summed E-state index contributed by atoms with van der Waals surface area (Å²) in [5.41, 5.74) is 4.30. The number of alkyl halides is 2. The van der Waals surface area contributed by atoms with Crippen LogP contribution < -0.4 is 0 Å². The molecule has 43 heavy (non-hydrogen) atoms. The molecule has 2 aromatic heterocycles. The molecule has 216 valence electrons. The molecule has 7 heteroatoms. The molecule has 1 aliphatic rings. The van der Waals surface area contributed by atoms with Crippen LogP contribution in [0.5, 0.6) is 0 Å². The monoisotopic (exact) mass is 593 g/mol. The molecule has 0 unspecified atom stereocenters. The van der Waals surface area contributed by atoms with Gasteiger partial charge in [-0.1, -0.05) is 103 Å². The molecule has 1 saturated carbocycles. The van der Waals surface area contributed by atoms with Crippen molar-refractivity contribution in [2.45, 2.75) is 37.1 Å². The number of aromatic nitrogens is 3. The van der Waals surface area contributed by atoms with E-state index in [4.69, 9.17) is 16.6 Å². The highest BCUT2D eigenvalue weighted by molar-refractivity contribution is 6.29. The fourth-order valence-electron chi connectivity index (χ4n) is 6.05. The van der Waals surface area contributed by atoms with E-state index in [0.717, 1.165) is 16.7 Å². The maximum absolute atomic E-state index is 13.6. The largest absolute Gasteiger partial charge is 0.318 e. The number of hydrogen-bond acceptors (Lipinski definition) is 3. The van der Waals surface area contributed by atoms with Crippen molar-refractivity contribution in [3.05, 3.63) is 149 Å². The van der Waals surface area contributed by atoms with Gasteiger partial charge in [0.25, 0.3) is 0 Å². The van der Waals surface area contributed by atoms with Crippen molar-refractivity contribution in [3.63, 3.8) is 0 Å². The number of rotatable bonds is 8. The number of ketones is 1. The van der Waals surface area contributed by atoms with Crippen molar-refractivity contribution in [1.29, 1.82) is 0 Å². The molecule has 0 saturated heterocycles. The summed E-state index contributed by atoms with van der Waals surface area (Å²) in [6, 6.07) is 34.4. The quantitative estimate of drug-likeness (QED) is 0.103. The summed E-state index contributed by atoms with van der Waals surface area (Å²) in [7, 11) is 0. The lowest BCUT2D eigenvalue weighted by Crippen LogP contribution is -2.36. The second kappa shape index (κ2) is 12.1. The molecule has 0 atom stereocenters. The number of imidazole rings is 1. The van der Waals surface area contributed by atoms with Crippen LogP contribution in [-0.4, -0.2) is 26.2 Å². The van der Waals surface area contributed by atoms with Crippen molar-refractivity contribution in [2.24, 2.45) is 5.92 Å². The van der Waals surface area contributed by atoms with Crippen molar-refractivity contribution in [3.8, 4) is 11.3 Å². The van der Waals surface area contributed by atoms with Crippen LogP contribution in [-0.2, 0) is 10.3 Å². The van der Waals surface area contributed by atoms with Gasteiger partial charge in [-0.2, -0.15) is 0 Å². The SMILES string of the molecule is O=C(/C=C/c1nc(Cl)ccc1-c1cn(C(c2ccccc2)(c2ccccc2)c2ccccc2)cn1)C1CCC(F)(F)CC1. The molecule has 0 radical (unpaired) electrons. The third kappa shape index (κ3) is 5.80. The van der Waals surface area contributed by atoms with E-state index in [1.807, 2.05) is 73.2 Å². The van der Waals surface area contributed by atoms with Gasteiger partial charge in [-0.3, -0.25) is 4.79 Å². The molecule has 4 nitrogen and oxygen atoms in total. The normalized spacial score (nSPS) is 15.5. The molecule has 0 aliphatic heterocycles. The number of benzene rings is 3. The summed E-state index contributed by atoms with van der Waals surface area (Å²) in [5.74, 6) is -3.28. The van der Waals surface area contributed by atoms with E-state index in [0.29, 0.717) is 17.0 Å². The average molecular weight is 594 g/mol. The number of hydrogen-bond donors (Lipinski definition) is 0. The molecule has 0 spiro atoms. The first-order valence-corrected chi connectivity index (χ1v) is 14.7. The summed E-state index contributed by atoms with van der Waals surface area (Å²) < 4.78 is 29.4. The van der Waals surface area contributed by atoms with Gasteiger partial charge < -0.3 is 4.57 Å². The summed E-state index contributed by atoms with van der Waals surface area (Å²) in [5, 5.41) is 0.278. The van der Waals surface area contributed by atoms with E-state index >= 15 is 0 Å². The average Bonchev–Trinajstić information content (AvgIpc) is 3.52. The van der Waals surface area contributed by atoms with Gasteiger partial charge >= 0.3 is 0 Å². The van der Waals surface area contributed by atoms with E-state index in [1.54, 1.807) is 12.1 Å². The second-order valence-electron chi connectivity index (χ2n) is 10.9. The van der Waals surface area contributed by atoms with Crippen LogP contribution in [0.15, 0.2) is 122 Å². The molecular formula is C36H30ClF2N3O. The van der Waals surface area contributed by atoms with Crippen LogP contribution >= 0.6 is 11.6 Å². The maximum atomic E-state index is 13.6. The zero-order chi connectivity index (χ0) is 29.9. The third-order valence-corrected chi connectivity index (χ3v) is 8.45. The molecule has 1 fully saturated rings. The van der Waals surface area contributed by atoms with E-state index in [-0.39, 0.29) is 36.6 Å². The molecule has 1 aliphatic carbocycles. The smallest absolute Gasteiger partial charge is 0.248 e. The fraction of sp³-hybridized carbons (Fsp3) is 0.194. The predicted molar refractivity (Wildman–Crippen MR) is 166 cm³/mol. The van der Waals surface area contributed by atoms with Gasteiger partial charge in [-0.05, 0) is 53.8 Å². The van der Waals surface area contributed by atoms with Crippen LogP contribution in [0.1, 0.15) is 48.1 Å². The third-order valence-electron chi connectivity index (χ3n) is 8.24. The van der Waals surface area contributed by atoms with Gasteiger partial charge in [0, 0.05) is 30.5 Å². The predicted octanol–water partition coefficient (Wildman–Crippen LogP) is 8.85. The first kappa shape index (κ1) is 28.7. The Morgan fingerprint density at radius 1 is 0.837 bits per heavy atom. The van der Waals surface area contributed by atoms with Gasteiger partial charge in [0.15, 0.2) is 5.78 Å². The standard InChI is InChI=1S/C36H30ClF2N3O/c37-34-19-16-30(31(41-34)17-18-33(43)26-20-22-35(38,39)23-21-26)32-24-42(25-40-32)36(27-10-4-1-5-11-27,28-12-6-2-7-13-28)29-14-8-3-9-15-29/h1-19,24-26H,20-23H2/b18-17+. The Balaban J connectivity index is 1.43. The van der Waals surface area contributed by atoms with Crippen molar-refractivity contribution in [2.75, 3.05) is 0 Å². The van der Waals surface area contributed by atoms with Crippen molar-refractivity contribution >= 4 is 23.5 Å². The zero-order valence-corrected chi connectivity index (χ0v) is 24.2. The summed E-state index contributed by atoms with van der Waals surface area (Å²) in [6.07, 6.45) is 6.69. The molecule has 6 rings (SSSR count). The summed E-state index contributed by atoms with van der Waals surface area (Å²) >= 11 is 6.28. The number of nitrogens with zero attached hydrogens (tertiary/aromatic N) is 3. The Labute approximate surface area is 254 Å². The lowest BCUT2D eigenvalue weighted by atomic mass is 9.77. The van der Waals surface area contributed by atoms with Crippen LogP contribution in [0.2, 0.25) is 5.15 Å². The maximum Gasteiger partial charge on any atom is 0.248 e. The molecule has 2 heterocycles. The minimum absolute atomic E-state index is 0.176. The number of carbonyl (C=O) groups excluding carboxylic acids is 1. The zero-order valence-electron chi connectivity index (χ0n) is 23.4.